The summed E-state index contributed by atoms with van der Waals surface area (Å²) in [6.45, 7) is 11.9. The van der Waals surface area contributed by atoms with Crippen LogP contribution in [0.2, 0.25) is 18.1 Å². The predicted octanol–water partition coefficient (Wildman–Crippen LogP) is 6.15. The molecule has 0 aromatic heterocycles. The lowest BCUT2D eigenvalue weighted by Crippen LogP contribution is -2.42. The van der Waals surface area contributed by atoms with Gasteiger partial charge in [0.1, 0.15) is 0 Å². The maximum absolute atomic E-state index is 11.8. The topological polar surface area (TPSA) is 52.3 Å². The first-order chi connectivity index (χ1) is 12.5. The molecule has 2 N–H and O–H groups in total. The summed E-state index contributed by atoms with van der Waals surface area (Å²) in [6.07, 6.45) is 0. The molecule has 6 heteroatoms. The molecule has 0 fully saturated rings. The second-order valence-electron chi connectivity index (χ2n) is 8.22. The van der Waals surface area contributed by atoms with Crippen molar-refractivity contribution in [1.29, 1.82) is 0 Å². The molecule has 0 bridgehead atoms. The Morgan fingerprint density at radius 1 is 1.07 bits per heavy atom. The number of rotatable bonds is 6. The fourth-order valence-electron chi connectivity index (χ4n) is 2.62. The average Bonchev–Trinajstić information content (AvgIpc) is 2.56. The highest BCUT2D eigenvalue weighted by atomic mass is 127. The quantitative estimate of drug-likeness (QED) is 0.317. The van der Waals surface area contributed by atoms with Gasteiger partial charge in [0.25, 0.3) is 0 Å². The first-order valence-corrected chi connectivity index (χ1v) is 14.0. The molecular weight excluding hydrogens is 580 g/mol. The Labute approximate surface area is 190 Å². The zero-order valence-corrected chi connectivity index (χ0v) is 21.8. The van der Waals surface area contributed by atoms with Crippen molar-refractivity contribution in [2.24, 2.45) is 5.73 Å². The zero-order chi connectivity index (χ0) is 20.4. The van der Waals surface area contributed by atoms with E-state index < -0.39 is 14.2 Å². The van der Waals surface area contributed by atoms with Gasteiger partial charge < -0.3 is 10.2 Å². The summed E-state index contributed by atoms with van der Waals surface area (Å²) in [4.78, 5) is 11.8. The van der Waals surface area contributed by atoms with Crippen LogP contribution in [0.4, 0.5) is 0 Å². The molecule has 1 amide bonds. The normalized spacial score (nSPS) is 13.4. The van der Waals surface area contributed by atoms with Gasteiger partial charge in [-0.25, -0.2) is 0 Å². The molecule has 2 aromatic carbocycles. The summed E-state index contributed by atoms with van der Waals surface area (Å²) >= 11 is 4.61. The number of benzene rings is 2. The minimum Gasteiger partial charge on any atom is -0.416 e. The highest BCUT2D eigenvalue weighted by Crippen LogP contribution is 2.39. The van der Waals surface area contributed by atoms with Gasteiger partial charge in [-0.2, -0.15) is 0 Å². The maximum atomic E-state index is 11.8. The minimum atomic E-state index is -1.90. The molecule has 3 nitrogen and oxygen atoms in total. The first kappa shape index (κ1) is 22.8. The average molecular weight is 607 g/mol. The van der Waals surface area contributed by atoms with Gasteiger partial charge >= 0.3 is 0 Å². The standard InChI is InChI=1S/C21H27I2NO2Si/c1-21(2,3)27(4,5)26-13-17(14-9-6-7-12-18(14)22)15-10-8-11-16(19(15)23)20(24)25/h6-12,17H,13H2,1-5H3,(H2,24,25)/t17-/m1/s1. The lowest BCUT2D eigenvalue weighted by atomic mass is 9.91. The molecule has 0 radical (unpaired) electrons. The van der Waals surface area contributed by atoms with Crippen molar-refractivity contribution < 1.29 is 9.22 Å². The van der Waals surface area contributed by atoms with Gasteiger partial charge in [-0.05, 0) is 86.6 Å². The van der Waals surface area contributed by atoms with Gasteiger partial charge in [0, 0.05) is 19.7 Å². The van der Waals surface area contributed by atoms with Crippen molar-refractivity contribution in [3.8, 4) is 0 Å². The van der Waals surface area contributed by atoms with Crippen LogP contribution < -0.4 is 5.73 Å². The number of primary amides is 1. The van der Waals surface area contributed by atoms with Gasteiger partial charge in [-0.3, -0.25) is 4.79 Å². The monoisotopic (exact) mass is 607 g/mol. The van der Waals surface area contributed by atoms with Crippen LogP contribution in [0.5, 0.6) is 0 Å². The fraction of sp³-hybridized carbons (Fsp3) is 0.381. The Kier molecular flexibility index (Phi) is 7.54. The van der Waals surface area contributed by atoms with Crippen LogP contribution in [0.25, 0.3) is 0 Å². The first-order valence-electron chi connectivity index (χ1n) is 8.92. The summed E-state index contributed by atoms with van der Waals surface area (Å²) < 4.78 is 8.69. The van der Waals surface area contributed by atoms with Crippen molar-refractivity contribution in [2.45, 2.75) is 44.8 Å². The van der Waals surface area contributed by atoms with Gasteiger partial charge in [0.05, 0.1) is 5.56 Å². The van der Waals surface area contributed by atoms with Crippen LogP contribution in [0.15, 0.2) is 42.5 Å². The number of carbonyl (C=O) groups is 1. The van der Waals surface area contributed by atoms with Crippen LogP contribution in [0, 0.1) is 7.14 Å². The van der Waals surface area contributed by atoms with Crippen LogP contribution in [-0.2, 0) is 4.43 Å². The molecule has 0 aliphatic rings. The number of amides is 1. The van der Waals surface area contributed by atoms with Crippen molar-refractivity contribution in [3.05, 3.63) is 66.3 Å². The Hall–Kier alpha value is -0.453. The molecule has 0 saturated heterocycles. The predicted molar refractivity (Wildman–Crippen MR) is 132 cm³/mol. The van der Waals surface area contributed by atoms with Crippen LogP contribution in [-0.4, -0.2) is 20.8 Å². The zero-order valence-electron chi connectivity index (χ0n) is 16.5. The van der Waals surface area contributed by atoms with Gasteiger partial charge in [0.15, 0.2) is 8.32 Å². The van der Waals surface area contributed by atoms with Crippen molar-refractivity contribution in [1.82, 2.24) is 0 Å². The Balaban J connectivity index is 2.51. The minimum absolute atomic E-state index is 0.0541. The van der Waals surface area contributed by atoms with E-state index in [1.54, 1.807) is 6.07 Å². The van der Waals surface area contributed by atoms with Gasteiger partial charge in [0.2, 0.25) is 5.91 Å². The molecule has 0 spiro atoms. The Morgan fingerprint density at radius 3 is 2.22 bits per heavy atom. The number of nitrogens with two attached hydrogens (primary N) is 1. The van der Waals surface area contributed by atoms with Crippen LogP contribution >= 0.6 is 45.2 Å². The molecule has 146 valence electrons. The molecule has 27 heavy (non-hydrogen) atoms. The van der Waals surface area contributed by atoms with Gasteiger partial charge in [-0.15, -0.1) is 0 Å². The molecule has 0 aliphatic heterocycles. The SMILES string of the molecule is CC(C)(C)[Si](C)(C)OC[C@H](c1ccccc1I)c1cccc(C(N)=O)c1I. The van der Waals surface area contributed by atoms with E-state index in [4.69, 9.17) is 10.2 Å². The van der Waals surface area contributed by atoms with E-state index in [1.165, 1.54) is 9.13 Å². The van der Waals surface area contributed by atoms with Crippen LogP contribution in [0.3, 0.4) is 0 Å². The Morgan fingerprint density at radius 2 is 1.67 bits per heavy atom. The fourth-order valence-corrected chi connectivity index (χ4v) is 5.40. The van der Waals surface area contributed by atoms with Crippen molar-refractivity contribution in [3.63, 3.8) is 0 Å². The largest absolute Gasteiger partial charge is 0.416 e. The molecule has 0 heterocycles. The highest BCUT2D eigenvalue weighted by Gasteiger charge is 2.38. The Bertz CT molecular complexity index is 831. The number of hydrogen-bond acceptors (Lipinski definition) is 2. The van der Waals surface area contributed by atoms with E-state index in [0.29, 0.717) is 12.2 Å². The summed E-state index contributed by atoms with van der Waals surface area (Å²) in [6, 6.07) is 14.1. The number of hydrogen-bond donors (Lipinski definition) is 1. The molecule has 2 aromatic rings. The van der Waals surface area contributed by atoms with Crippen molar-refractivity contribution in [2.75, 3.05) is 6.61 Å². The smallest absolute Gasteiger partial charge is 0.249 e. The van der Waals surface area contributed by atoms with E-state index in [1.807, 2.05) is 12.1 Å². The molecule has 2 rings (SSSR count). The van der Waals surface area contributed by atoms with Crippen LogP contribution in [0.1, 0.15) is 48.2 Å². The molecule has 1 atom stereocenters. The van der Waals surface area contributed by atoms with Gasteiger partial charge in [-0.1, -0.05) is 51.1 Å². The van der Waals surface area contributed by atoms with E-state index in [9.17, 15) is 4.79 Å². The van der Waals surface area contributed by atoms with E-state index in [-0.39, 0.29) is 11.0 Å². The lowest BCUT2D eigenvalue weighted by molar-refractivity contribution is 0.0999. The van der Waals surface area contributed by atoms with E-state index >= 15 is 0 Å². The highest BCUT2D eigenvalue weighted by molar-refractivity contribution is 14.1. The van der Waals surface area contributed by atoms with E-state index in [0.717, 1.165) is 9.13 Å². The van der Waals surface area contributed by atoms with E-state index in [2.05, 4.69) is 103 Å². The molecule has 0 aliphatic carbocycles. The summed E-state index contributed by atoms with van der Waals surface area (Å²) in [5.41, 5.74) is 8.46. The third-order valence-corrected chi connectivity index (χ3v) is 12.1. The summed E-state index contributed by atoms with van der Waals surface area (Å²) in [7, 11) is -1.90. The molecule has 0 unspecified atom stereocenters. The number of halogens is 2. The molecular formula is C21H27I2NO2Si. The third-order valence-electron chi connectivity index (χ3n) is 5.37. The number of carbonyl (C=O) groups excluding carboxylic acids is 1. The van der Waals surface area contributed by atoms with Crippen molar-refractivity contribution >= 4 is 59.4 Å². The second-order valence-corrected chi connectivity index (χ2v) is 15.3. The third kappa shape index (κ3) is 5.33. The maximum Gasteiger partial charge on any atom is 0.249 e. The summed E-state index contributed by atoms with van der Waals surface area (Å²) in [5, 5.41) is 0.142. The summed E-state index contributed by atoms with van der Waals surface area (Å²) in [5.74, 6) is -0.341. The second kappa shape index (κ2) is 8.92. The lowest BCUT2D eigenvalue weighted by Gasteiger charge is -2.37. The molecule has 0 saturated carbocycles.